The Kier molecular flexibility index (Phi) is 4.95. The van der Waals surface area contributed by atoms with Crippen molar-refractivity contribution in [1.29, 1.82) is 0 Å². The number of hydrogen-bond donors (Lipinski definition) is 0. The fourth-order valence-electron chi connectivity index (χ4n) is 3.31. The molecule has 0 aliphatic heterocycles. The first-order chi connectivity index (χ1) is 11.1. The third kappa shape index (κ3) is 4.10. The molecule has 0 radical (unpaired) electrons. The molecular formula is C22H25F. The summed E-state index contributed by atoms with van der Waals surface area (Å²) in [6.45, 7) is 4.03. The van der Waals surface area contributed by atoms with E-state index in [1.807, 2.05) is 12.1 Å². The quantitative estimate of drug-likeness (QED) is 0.596. The average Bonchev–Trinajstić information content (AvgIpc) is 2.57. The van der Waals surface area contributed by atoms with Crippen molar-refractivity contribution < 1.29 is 4.39 Å². The number of allylic oxidation sites excluding steroid dienone is 2. The van der Waals surface area contributed by atoms with Crippen molar-refractivity contribution in [2.75, 3.05) is 0 Å². The Labute approximate surface area is 139 Å². The lowest BCUT2D eigenvalue weighted by atomic mass is 9.84. The van der Waals surface area contributed by atoms with Crippen molar-refractivity contribution in [3.63, 3.8) is 0 Å². The fourth-order valence-corrected chi connectivity index (χ4v) is 3.31. The summed E-state index contributed by atoms with van der Waals surface area (Å²) in [4.78, 5) is 0. The second-order valence-corrected chi connectivity index (χ2v) is 6.85. The number of halogens is 1. The minimum Gasteiger partial charge on any atom is -0.207 e. The highest BCUT2D eigenvalue weighted by molar-refractivity contribution is 5.29. The van der Waals surface area contributed by atoms with Gasteiger partial charge in [-0.25, -0.2) is 4.39 Å². The molecule has 1 aliphatic rings. The largest absolute Gasteiger partial charge is 0.207 e. The Bertz CT molecular complexity index is 694. The minimum absolute atomic E-state index is 0.0986. The summed E-state index contributed by atoms with van der Waals surface area (Å²) in [5.74, 6) is 0.581. The normalized spacial score (nSPS) is 17.9. The molecular weight excluding hydrogens is 283 g/mol. The van der Waals surface area contributed by atoms with Gasteiger partial charge in [-0.05, 0) is 80.2 Å². The van der Waals surface area contributed by atoms with Crippen LogP contribution >= 0.6 is 0 Å². The molecule has 1 aliphatic carbocycles. The zero-order valence-electron chi connectivity index (χ0n) is 14.1. The summed E-state index contributed by atoms with van der Waals surface area (Å²) in [7, 11) is 0. The van der Waals surface area contributed by atoms with Crippen LogP contribution in [-0.4, -0.2) is 0 Å². The van der Waals surface area contributed by atoms with Crippen molar-refractivity contribution in [3.05, 3.63) is 82.2 Å². The maximum absolute atomic E-state index is 13.6. The lowest BCUT2D eigenvalue weighted by Crippen LogP contribution is -2.03. The Morgan fingerprint density at radius 1 is 0.957 bits per heavy atom. The van der Waals surface area contributed by atoms with Gasteiger partial charge in [0.15, 0.2) is 0 Å². The van der Waals surface area contributed by atoms with Crippen LogP contribution in [-0.2, 0) is 12.8 Å². The van der Waals surface area contributed by atoms with Gasteiger partial charge in [0.05, 0.1) is 0 Å². The van der Waals surface area contributed by atoms with Crippen LogP contribution in [0.3, 0.4) is 0 Å². The number of hydrogen-bond acceptors (Lipinski definition) is 0. The molecule has 1 atom stereocenters. The fraction of sp³-hybridized carbons (Fsp3) is 0.364. The molecule has 1 unspecified atom stereocenters. The molecule has 0 saturated carbocycles. The minimum atomic E-state index is -0.0986. The Morgan fingerprint density at radius 3 is 2.30 bits per heavy atom. The molecule has 2 aromatic rings. The van der Waals surface area contributed by atoms with Crippen molar-refractivity contribution >= 4 is 0 Å². The first kappa shape index (κ1) is 16.0. The molecule has 2 aromatic carbocycles. The van der Waals surface area contributed by atoms with E-state index in [4.69, 9.17) is 0 Å². The molecule has 0 aromatic heterocycles. The smallest absolute Gasteiger partial charge is 0.126 e. The summed E-state index contributed by atoms with van der Waals surface area (Å²) in [6, 6.07) is 14.6. The van der Waals surface area contributed by atoms with E-state index in [0.29, 0.717) is 5.92 Å². The predicted octanol–water partition coefficient (Wildman–Crippen LogP) is 6.13. The van der Waals surface area contributed by atoms with Crippen molar-refractivity contribution in [3.8, 4) is 0 Å². The average molecular weight is 308 g/mol. The second kappa shape index (κ2) is 7.12. The lowest BCUT2D eigenvalue weighted by molar-refractivity contribution is 0.599. The third-order valence-corrected chi connectivity index (χ3v) is 5.03. The van der Waals surface area contributed by atoms with E-state index in [1.54, 1.807) is 13.0 Å². The van der Waals surface area contributed by atoms with Gasteiger partial charge in [0.2, 0.25) is 0 Å². The van der Waals surface area contributed by atoms with Gasteiger partial charge in [0.1, 0.15) is 5.82 Å². The van der Waals surface area contributed by atoms with Gasteiger partial charge >= 0.3 is 0 Å². The number of rotatable bonds is 4. The zero-order chi connectivity index (χ0) is 16.2. The molecule has 0 spiro atoms. The highest BCUT2D eigenvalue weighted by atomic mass is 19.1. The van der Waals surface area contributed by atoms with E-state index in [9.17, 15) is 4.39 Å². The predicted molar refractivity (Wildman–Crippen MR) is 95.3 cm³/mol. The molecule has 23 heavy (non-hydrogen) atoms. The van der Waals surface area contributed by atoms with Crippen LogP contribution in [0.4, 0.5) is 4.39 Å². The van der Waals surface area contributed by atoms with Gasteiger partial charge in [-0.1, -0.05) is 48.0 Å². The highest BCUT2D eigenvalue weighted by Gasteiger charge is 2.14. The molecule has 0 bridgehead atoms. The Hall–Kier alpha value is -1.89. The SMILES string of the molecule is CC1=CCC(c2ccc(CCc3ccc(C)c(F)c3)cc2)CC1. The van der Waals surface area contributed by atoms with Crippen LogP contribution in [0, 0.1) is 12.7 Å². The maximum atomic E-state index is 13.6. The van der Waals surface area contributed by atoms with Crippen molar-refractivity contribution in [2.24, 2.45) is 0 Å². The molecule has 120 valence electrons. The Morgan fingerprint density at radius 2 is 1.65 bits per heavy atom. The summed E-state index contributed by atoms with van der Waals surface area (Å²) in [6.07, 6.45) is 7.91. The summed E-state index contributed by atoms with van der Waals surface area (Å²) < 4.78 is 13.6. The van der Waals surface area contributed by atoms with E-state index >= 15 is 0 Å². The molecule has 0 saturated heterocycles. The van der Waals surface area contributed by atoms with Crippen LogP contribution in [0.1, 0.15) is 54.4 Å². The van der Waals surface area contributed by atoms with Crippen molar-refractivity contribution in [2.45, 2.75) is 51.9 Å². The standard InChI is InChI=1S/C22H25F/c1-16-3-11-20(12-4-16)21-13-9-18(10-14-21)7-8-19-6-5-17(2)22(23)15-19/h3,5-6,9-10,13-15,20H,4,7-8,11-12H2,1-2H3. The van der Waals surface area contributed by atoms with Gasteiger partial charge in [0, 0.05) is 0 Å². The molecule has 0 fully saturated rings. The van der Waals surface area contributed by atoms with Crippen LogP contribution in [0.2, 0.25) is 0 Å². The maximum Gasteiger partial charge on any atom is 0.126 e. The van der Waals surface area contributed by atoms with Gasteiger partial charge < -0.3 is 0 Å². The van der Waals surface area contributed by atoms with Crippen LogP contribution < -0.4 is 0 Å². The monoisotopic (exact) mass is 308 g/mol. The first-order valence-corrected chi connectivity index (χ1v) is 8.61. The molecule has 0 heterocycles. The summed E-state index contributed by atoms with van der Waals surface area (Å²) in [5, 5.41) is 0. The summed E-state index contributed by atoms with van der Waals surface area (Å²) in [5.41, 5.74) is 6.11. The number of aryl methyl sites for hydroxylation is 3. The van der Waals surface area contributed by atoms with Crippen LogP contribution in [0.25, 0.3) is 0 Å². The van der Waals surface area contributed by atoms with Crippen LogP contribution in [0.5, 0.6) is 0 Å². The Balaban J connectivity index is 1.60. The van der Waals surface area contributed by atoms with Gasteiger partial charge in [-0.2, -0.15) is 0 Å². The van der Waals surface area contributed by atoms with Gasteiger partial charge in [0.25, 0.3) is 0 Å². The first-order valence-electron chi connectivity index (χ1n) is 8.61. The van der Waals surface area contributed by atoms with Gasteiger partial charge in [-0.3, -0.25) is 0 Å². The van der Waals surface area contributed by atoms with E-state index in [1.165, 1.54) is 36.0 Å². The van der Waals surface area contributed by atoms with E-state index < -0.39 is 0 Å². The molecule has 1 heteroatoms. The highest BCUT2D eigenvalue weighted by Crippen LogP contribution is 2.31. The van der Waals surface area contributed by atoms with E-state index in [2.05, 4.69) is 37.3 Å². The molecule has 3 rings (SSSR count). The molecule has 0 N–H and O–H groups in total. The van der Waals surface area contributed by atoms with Crippen molar-refractivity contribution in [1.82, 2.24) is 0 Å². The zero-order valence-corrected chi connectivity index (χ0v) is 14.1. The topological polar surface area (TPSA) is 0 Å². The second-order valence-electron chi connectivity index (χ2n) is 6.85. The van der Waals surface area contributed by atoms with E-state index in [0.717, 1.165) is 24.0 Å². The third-order valence-electron chi connectivity index (χ3n) is 5.03. The number of benzene rings is 2. The van der Waals surface area contributed by atoms with E-state index in [-0.39, 0.29) is 5.82 Å². The summed E-state index contributed by atoms with van der Waals surface area (Å²) >= 11 is 0. The molecule has 0 amide bonds. The lowest BCUT2D eigenvalue weighted by Gasteiger charge is -2.21. The van der Waals surface area contributed by atoms with Crippen LogP contribution in [0.15, 0.2) is 54.1 Å². The molecule has 0 nitrogen and oxygen atoms in total. The van der Waals surface area contributed by atoms with Gasteiger partial charge in [-0.15, -0.1) is 0 Å².